The van der Waals surface area contributed by atoms with E-state index in [2.05, 4.69) is 25.0 Å². The highest BCUT2D eigenvalue weighted by Crippen LogP contribution is 2.43. The van der Waals surface area contributed by atoms with Crippen LogP contribution in [0.15, 0.2) is 41.7 Å². The van der Waals surface area contributed by atoms with Crippen molar-refractivity contribution in [1.29, 1.82) is 0 Å². The Morgan fingerprint density at radius 2 is 2.21 bits per heavy atom. The molecule has 3 N–H and O–H groups in total. The van der Waals surface area contributed by atoms with Gasteiger partial charge in [-0.05, 0) is 12.1 Å². The molecule has 1 atom stereocenters. The fourth-order valence-electron chi connectivity index (χ4n) is 3.01. The molecule has 1 fully saturated rings. The fraction of sp³-hybridized carbons (Fsp3) is 0.375. The van der Waals surface area contributed by atoms with Crippen LogP contribution >= 0.6 is 11.8 Å². The molecule has 2 aliphatic rings. The highest BCUT2D eigenvalue weighted by Gasteiger charge is 2.34. The molecule has 4 heterocycles. The summed E-state index contributed by atoms with van der Waals surface area (Å²) in [6, 6.07) is 5.87. The van der Waals surface area contributed by atoms with E-state index >= 15 is 0 Å². The summed E-state index contributed by atoms with van der Waals surface area (Å²) >= 11 is 1.69. The maximum Gasteiger partial charge on any atom is 0.135 e. The highest BCUT2D eigenvalue weighted by atomic mass is 32.2. The topological polar surface area (TPSA) is 83.3 Å². The Kier molecular flexibility index (Phi) is 4.52. The van der Waals surface area contributed by atoms with E-state index in [1.807, 2.05) is 30.6 Å². The molecule has 2 aliphatic heterocycles. The number of morpholine rings is 1. The average Bonchev–Trinajstić information content (AvgIpc) is 3.24. The maximum absolute atomic E-state index is 6.44. The van der Waals surface area contributed by atoms with Crippen LogP contribution in [0.1, 0.15) is 5.56 Å². The molecule has 0 saturated carbocycles. The lowest BCUT2D eigenvalue weighted by Crippen LogP contribution is -2.37. The minimum absolute atomic E-state index is 0.194. The number of H-pyrrole nitrogens is 1. The molecule has 4 rings (SSSR count). The molecule has 0 aliphatic carbocycles. The van der Waals surface area contributed by atoms with Crippen LogP contribution in [0.5, 0.6) is 0 Å². The molecule has 126 valence electrons. The van der Waals surface area contributed by atoms with Crippen molar-refractivity contribution in [2.24, 2.45) is 5.73 Å². The number of hydrogen-bond donors (Lipinski definition) is 2. The molecule has 0 radical (unpaired) electrons. The van der Waals surface area contributed by atoms with E-state index in [-0.39, 0.29) is 5.50 Å². The Morgan fingerprint density at radius 3 is 2.92 bits per heavy atom. The van der Waals surface area contributed by atoms with Crippen LogP contribution in [-0.4, -0.2) is 58.4 Å². The van der Waals surface area contributed by atoms with Crippen molar-refractivity contribution in [2.45, 2.75) is 5.50 Å². The lowest BCUT2D eigenvalue weighted by Gasteiger charge is -2.27. The van der Waals surface area contributed by atoms with Crippen LogP contribution in [-0.2, 0) is 4.74 Å². The zero-order valence-electron chi connectivity index (χ0n) is 13.3. The van der Waals surface area contributed by atoms with Crippen LogP contribution < -0.4 is 10.6 Å². The number of nitrogens with zero attached hydrogens (tertiary/aromatic N) is 4. The third-order valence-corrected chi connectivity index (χ3v) is 5.22. The van der Waals surface area contributed by atoms with Gasteiger partial charge in [0, 0.05) is 42.5 Å². The zero-order chi connectivity index (χ0) is 16.4. The summed E-state index contributed by atoms with van der Waals surface area (Å²) in [5, 5.41) is 7.01. The van der Waals surface area contributed by atoms with Gasteiger partial charge in [-0.15, -0.1) is 0 Å². The van der Waals surface area contributed by atoms with E-state index in [1.54, 1.807) is 18.0 Å². The lowest BCUT2D eigenvalue weighted by atomic mass is 10.2. The molecular weight excluding hydrogens is 324 g/mol. The molecule has 24 heavy (non-hydrogen) atoms. The summed E-state index contributed by atoms with van der Waals surface area (Å²) in [4.78, 5) is 10.2. The van der Waals surface area contributed by atoms with Gasteiger partial charge in [0.15, 0.2) is 0 Å². The summed E-state index contributed by atoms with van der Waals surface area (Å²) in [5.74, 6) is 0.852. The summed E-state index contributed by atoms with van der Waals surface area (Å²) < 4.78 is 5.45. The summed E-state index contributed by atoms with van der Waals surface area (Å²) in [7, 11) is 0. The van der Waals surface area contributed by atoms with E-state index < -0.39 is 0 Å². The predicted molar refractivity (Wildman–Crippen MR) is 95.0 cm³/mol. The van der Waals surface area contributed by atoms with Crippen LogP contribution in [0.4, 0.5) is 5.82 Å². The fourth-order valence-corrected chi connectivity index (χ4v) is 4.21. The van der Waals surface area contributed by atoms with Gasteiger partial charge in [-0.1, -0.05) is 17.8 Å². The summed E-state index contributed by atoms with van der Waals surface area (Å²) in [6.45, 7) is 4.33. The first-order chi connectivity index (χ1) is 11.8. The molecule has 7 nitrogen and oxygen atoms in total. The highest BCUT2D eigenvalue weighted by molar-refractivity contribution is 8.04. The Balaban J connectivity index is 1.70. The number of thioether (sulfide) groups is 1. The summed E-state index contributed by atoms with van der Waals surface area (Å²) in [6.07, 6.45) is 5.53. The number of anilines is 1. The van der Waals surface area contributed by atoms with Gasteiger partial charge in [0.2, 0.25) is 0 Å². The number of aromatic amines is 1. The first kappa shape index (κ1) is 15.6. The van der Waals surface area contributed by atoms with Gasteiger partial charge in [-0.25, -0.2) is 4.98 Å². The number of nitrogens with two attached hydrogens (primary N) is 1. The second kappa shape index (κ2) is 6.94. The van der Waals surface area contributed by atoms with Crippen LogP contribution in [0.3, 0.4) is 0 Å². The molecule has 1 unspecified atom stereocenters. The number of ether oxygens (including phenoxy) is 1. The van der Waals surface area contributed by atoms with E-state index in [1.165, 1.54) is 4.91 Å². The van der Waals surface area contributed by atoms with Gasteiger partial charge in [-0.2, -0.15) is 5.10 Å². The Hall–Kier alpha value is -1.87. The number of aromatic nitrogens is 3. The molecule has 8 heteroatoms. The zero-order valence-corrected chi connectivity index (χ0v) is 14.1. The standard InChI is InChI=1S/C16H20N6OS/c17-16-22(14-3-1-2-4-18-14)15(12-9-19-20-10-12)13(24-16)11-21-5-7-23-8-6-21/h1-4,9-10,16H,5-8,11,17H2,(H,19,20). The van der Waals surface area contributed by atoms with Crippen molar-refractivity contribution in [1.82, 2.24) is 20.1 Å². The van der Waals surface area contributed by atoms with Gasteiger partial charge < -0.3 is 10.5 Å². The largest absolute Gasteiger partial charge is 0.379 e. The molecule has 2 aromatic rings. The molecule has 0 bridgehead atoms. The third kappa shape index (κ3) is 3.05. The van der Waals surface area contributed by atoms with Crippen LogP contribution in [0, 0.1) is 0 Å². The molecular formula is C16H20N6OS. The second-order valence-corrected chi connectivity index (χ2v) is 6.93. The molecule has 0 spiro atoms. The summed E-state index contributed by atoms with van der Waals surface area (Å²) in [5.41, 5.74) is 8.36. The van der Waals surface area contributed by atoms with Crippen molar-refractivity contribution in [2.75, 3.05) is 37.7 Å². The van der Waals surface area contributed by atoms with Crippen molar-refractivity contribution in [3.05, 3.63) is 47.3 Å². The van der Waals surface area contributed by atoms with Crippen LogP contribution in [0.2, 0.25) is 0 Å². The normalized spacial score (nSPS) is 22.4. The van der Waals surface area contributed by atoms with E-state index in [0.29, 0.717) is 0 Å². The van der Waals surface area contributed by atoms with Crippen molar-refractivity contribution in [3.63, 3.8) is 0 Å². The van der Waals surface area contributed by atoms with E-state index in [0.717, 1.165) is 49.9 Å². The van der Waals surface area contributed by atoms with Gasteiger partial charge in [0.1, 0.15) is 11.3 Å². The molecule has 0 amide bonds. The Bertz CT molecular complexity index is 699. The van der Waals surface area contributed by atoms with Gasteiger partial charge in [-0.3, -0.25) is 14.9 Å². The lowest BCUT2D eigenvalue weighted by molar-refractivity contribution is 0.0431. The molecule has 2 aromatic heterocycles. The number of rotatable bonds is 4. The Morgan fingerprint density at radius 1 is 1.33 bits per heavy atom. The van der Waals surface area contributed by atoms with E-state index in [4.69, 9.17) is 10.5 Å². The monoisotopic (exact) mass is 344 g/mol. The van der Waals surface area contributed by atoms with E-state index in [9.17, 15) is 0 Å². The van der Waals surface area contributed by atoms with Gasteiger partial charge >= 0.3 is 0 Å². The van der Waals surface area contributed by atoms with Crippen LogP contribution in [0.25, 0.3) is 5.70 Å². The third-order valence-electron chi connectivity index (χ3n) is 4.16. The second-order valence-electron chi connectivity index (χ2n) is 5.71. The number of nitrogens with one attached hydrogen (secondary N) is 1. The number of hydrogen-bond acceptors (Lipinski definition) is 7. The van der Waals surface area contributed by atoms with Crippen molar-refractivity contribution >= 4 is 23.3 Å². The first-order valence-electron chi connectivity index (χ1n) is 7.98. The SMILES string of the molecule is NC1SC(CN2CCOCC2)=C(c2cn[nH]c2)N1c1ccccn1. The van der Waals surface area contributed by atoms with Crippen molar-refractivity contribution in [3.8, 4) is 0 Å². The smallest absolute Gasteiger partial charge is 0.135 e. The minimum Gasteiger partial charge on any atom is -0.379 e. The van der Waals surface area contributed by atoms with Gasteiger partial charge in [0.05, 0.1) is 25.1 Å². The average molecular weight is 344 g/mol. The first-order valence-corrected chi connectivity index (χ1v) is 8.86. The van der Waals surface area contributed by atoms with Gasteiger partial charge in [0.25, 0.3) is 0 Å². The number of pyridine rings is 1. The quantitative estimate of drug-likeness (QED) is 0.865. The maximum atomic E-state index is 6.44. The van der Waals surface area contributed by atoms with Crippen molar-refractivity contribution < 1.29 is 4.74 Å². The predicted octanol–water partition coefficient (Wildman–Crippen LogP) is 1.30. The molecule has 0 aromatic carbocycles. The molecule has 1 saturated heterocycles. The Labute approximate surface area is 144 Å². The minimum atomic E-state index is -0.194.